The van der Waals surface area contributed by atoms with Gasteiger partial charge in [0.15, 0.2) is 6.29 Å². The molecule has 0 aliphatic rings. The van der Waals surface area contributed by atoms with Crippen molar-refractivity contribution in [1.82, 2.24) is 0 Å². The molecule has 14 heavy (non-hydrogen) atoms. The highest BCUT2D eigenvalue weighted by Gasteiger charge is 2.06. The second-order valence-corrected chi connectivity index (χ2v) is 3.64. The maximum Gasteiger partial charge on any atom is 0.150 e. The van der Waals surface area contributed by atoms with Crippen molar-refractivity contribution in [2.75, 3.05) is 0 Å². The van der Waals surface area contributed by atoms with Gasteiger partial charge in [0.2, 0.25) is 0 Å². The second kappa shape index (κ2) is 3.43. The zero-order valence-electron chi connectivity index (χ0n) is 7.75. The summed E-state index contributed by atoms with van der Waals surface area (Å²) in [6.07, 6.45) is 0.865. The number of hydrogen-bond donors (Lipinski definition) is 0. The highest BCUT2D eigenvalue weighted by molar-refractivity contribution is 6.32. The lowest BCUT2D eigenvalue weighted by atomic mass is 10.0. The van der Waals surface area contributed by atoms with Crippen molar-refractivity contribution in [3.63, 3.8) is 0 Å². The van der Waals surface area contributed by atoms with Crippen LogP contribution in [0.1, 0.15) is 15.9 Å². The summed E-state index contributed by atoms with van der Waals surface area (Å²) in [5, 5.41) is 2.61. The SMILES string of the molecule is Cc1c(Cl)cc2ccccc2c1C=O. The molecule has 0 saturated carbocycles. The fraction of sp³-hybridized carbons (Fsp3) is 0.0833. The maximum absolute atomic E-state index is 10.9. The molecular weight excluding hydrogens is 196 g/mol. The van der Waals surface area contributed by atoms with Crippen LogP contribution >= 0.6 is 11.6 Å². The van der Waals surface area contributed by atoms with E-state index in [4.69, 9.17) is 11.6 Å². The van der Waals surface area contributed by atoms with Crippen molar-refractivity contribution in [3.05, 3.63) is 46.5 Å². The number of fused-ring (bicyclic) bond motifs is 1. The maximum atomic E-state index is 10.9. The molecule has 2 heteroatoms. The van der Waals surface area contributed by atoms with E-state index in [1.54, 1.807) is 0 Å². The van der Waals surface area contributed by atoms with Crippen LogP contribution in [0.25, 0.3) is 10.8 Å². The number of halogens is 1. The molecule has 0 atom stereocenters. The Kier molecular flexibility index (Phi) is 2.26. The average Bonchev–Trinajstić information content (AvgIpc) is 2.20. The third-order valence-electron chi connectivity index (χ3n) is 2.41. The Balaban J connectivity index is 2.96. The summed E-state index contributed by atoms with van der Waals surface area (Å²) in [4.78, 5) is 10.9. The Morgan fingerprint density at radius 1 is 1.29 bits per heavy atom. The highest BCUT2D eigenvalue weighted by atomic mass is 35.5. The van der Waals surface area contributed by atoms with Crippen molar-refractivity contribution >= 4 is 28.7 Å². The molecule has 0 N–H and O–H groups in total. The molecule has 0 unspecified atom stereocenters. The van der Waals surface area contributed by atoms with Gasteiger partial charge in [-0.3, -0.25) is 4.79 Å². The predicted molar refractivity (Wildman–Crippen MR) is 59.1 cm³/mol. The molecular formula is C12H9ClO. The smallest absolute Gasteiger partial charge is 0.150 e. The Hall–Kier alpha value is -1.34. The highest BCUT2D eigenvalue weighted by Crippen LogP contribution is 2.27. The molecule has 0 spiro atoms. The van der Waals surface area contributed by atoms with Crippen LogP contribution in [0.2, 0.25) is 5.02 Å². The van der Waals surface area contributed by atoms with Crippen LogP contribution in [-0.4, -0.2) is 6.29 Å². The Morgan fingerprint density at radius 2 is 2.00 bits per heavy atom. The lowest BCUT2D eigenvalue weighted by Gasteiger charge is -2.06. The lowest BCUT2D eigenvalue weighted by Crippen LogP contribution is -1.89. The molecule has 70 valence electrons. The first kappa shape index (κ1) is 9.22. The minimum Gasteiger partial charge on any atom is -0.298 e. The molecule has 0 aromatic heterocycles. The third-order valence-corrected chi connectivity index (χ3v) is 2.81. The fourth-order valence-corrected chi connectivity index (χ4v) is 1.81. The minimum atomic E-state index is 0.644. The molecule has 1 nitrogen and oxygen atoms in total. The van der Waals surface area contributed by atoms with E-state index < -0.39 is 0 Å². The first-order valence-electron chi connectivity index (χ1n) is 4.37. The number of rotatable bonds is 1. The summed E-state index contributed by atoms with van der Waals surface area (Å²) in [7, 11) is 0. The molecule has 0 aliphatic carbocycles. The molecule has 0 amide bonds. The number of hydrogen-bond acceptors (Lipinski definition) is 1. The largest absolute Gasteiger partial charge is 0.298 e. The van der Waals surface area contributed by atoms with Gasteiger partial charge < -0.3 is 0 Å². The first-order chi connectivity index (χ1) is 6.74. The molecule has 0 heterocycles. The van der Waals surface area contributed by atoms with Crippen molar-refractivity contribution in [3.8, 4) is 0 Å². The third kappa shape index (κ3) is 1.30. The van der Waals surface area contributed by atoms with Crippen LogP contribution in [0.3, 0.4) is 0 Å². The summed E-state index contributed by atoms with van der Waals surface area (Å²) in [5.74, 6) is 0. The van der Waals surface area contributed by atoms with Crippen LogP contribution < -0.4 is 0 Å². The van der Waals surface area contributed by atoms with Crippen LogP contribution in [0, 0.1) is 6.92 Å². The van der Waals surface area contributed by atoms with E-state index in [1.807, 2.05) is 37.3 Å². The standard InChI is InChI=1S/C12H9ClO/c1-8-11(7-14)10-5-3-2-4-9(10)6-12(8)13/h2-7H,1H3. The van der Waals surface area contributed by atoms with E-state index in [-0.39, 0.29) is 0 Å². The van der Waals surface area contributed by atoms with Crippen molar-refractivity contribution < 1.29 is 4.79 Å². The van der Waals surface area contributed by atoms with Gasteiger partial charge in [0, 0.05) is 10.6 Å². The summed E-state index contributed by atoms with van der Waals surface area (Å²) in [6, 6.07) is 9.63. The van der Waals surface area contributed by atoms with E-state index >= 15 is 0 Å². The molecule has 2 aromatic rings. The summed E-state index contributed by atoms with van der Waals surface area (Å²) < 4.78 is 0. The monoisotopic (exact) mass is 204 g/mol. The molecule has 0 saturated heterocycles. The Morgan fingerprint density at radius 3 is 2.71 bits per heavy atom. The minimum absolute atomic E-state index is 0.644. The van der Waals surface area contributed by atoms with Gasteiger partial charge in [0.25, 0.3) is 0 Å². The number of carbonyl (C=O) groups excluding carboxylic acids is 1. The predicted octanol–water partition coefficient (Wildman–Crippen LogP) is 3.61. The van der Waals surface area contributed by atoms with Crippen molar-refractivity contribution in [1.29, 1.82) is 0 Å². The molecule has 0 bridgehead atoms. The number of benzene rings is 2. The Labute approximate surface area is 87.3 Å². The Bertz CT molecular complexity index is 503. The van der Waals surface area contributed by atoms with E-state index in [9.17, 15) is 4.79 Å². The van der Waals surface area contributed by atoms with E-state index in [0.717, 1.165) is 22.6 Å². The molecule has 0 aliphatic heterocycles. The second-order valence-electron chi connectivity index (χ2n) is 3.24. The van der Waals surface area contributed by atoms with E-state index in [1.165, 1.54) is 0 Å². The van der Waals surface area contributed by atoms with E-state index in [0.29, 0.717) is 10.6 Å². The van der Waals surface area contributed by atoms with Gasteiger partial charge in [-0.15, -0.1) is 0 Å². The van der Waals surface area contributed by atoms with Gasteiger partial charge in [0.05, 0.1) is 0 Å². The molecule has 2 aromatic carbocycles. The van der Waals surface area contributed by atoms with Crippen molar-refractivity contribution in [2.24, 2.45) is 0 Å². The van der Waals surface area contributed by atoms with Gasteiger partial charge in [-0.25, -0.2) is 0 Å². The van der Waals surface area contributed by atoms with Gasteiger partial charge >= 0.3 is 0 Å². The summed E-state index contributed by atoms with van der Waals surface area (Å²) >= 11 is 6.01. The van der Waals surface area contributed by atoms with Gasteiger partial charge in [-0.2, -0.15) is 0 Å². The van der Waals surface area contributed by atoms with Crippen molar-refractivity contribution in [2.45, 2.75) is 6.92 Å². The molecule has 2 rings (SSSR count). The summed E-state index contributed by atoms with van der Waals surface area (Å²) in [5.41, 5.74) is 1.54. The van der Waals surface area contributed by atoms with Crippen LogP contribution in [0.15, 0.2) is 30.3 Å². The zero-order chi connectivity index (χ0) is 10.1. The normalized spacial score (nSPS) is 10.4. The molecule has 0 radical (unpaired) electrons. The number of aldehydes is 1. The van der Waals surface area contributed by atoms with Crippen LogP contribution in [-0.2, 0) is 0 Å². The first-order valence-corrected chi connectivity index (χ1v) is 4.75. The number of carbonyl (C=O) groups is 1. The van der Waals surface area contributed by atoms with E-state index in [2.05, 4.69) is 0 Å². The molecule has 0 fully saturated rings. The van der Waals surface area contributed by atoms with Gasteiger partial charge in [-0.05, 0) is 29.3 Å². The van der Waals surface area contributed by atoms with Crippen LogP contribution in [0.5, 0.6) is 0 Å². The van der Waals surface area contributed by atoms with Crippen LogP contribution in [0.4, 0.5) is 0 Å². The zero-order valence-corrected chi connectivity index (χ0v) is 8.51. The van der Waals surface area contributed by atoms with Gasteiger partial charge in [-0.1, -0.05) is 35.9 Å². The summed E-state index contributed by atoms with van der Waals surface area (Å²) in [6.45, 7) is 1.86. The lowest BCUT2D eigenvalue weighted by molar-refractivity contribution is 0.112. The van der Waals surface area contributed by atoms with Gasteiger partial charge in [0.1, 0.15) is 0 Å². The quantitative estimate of drug-likeness (QED) is 0.649. The average molecular weight is 205 g/mol. The fourth-order valence-electron chi connectivity index (χ4n) is 1.60. The topological polar surface area (TPSA) is 17.1 Å².